The van der Waals surface area contributed by atoms with E-state index in [9.17, 15) is 0 Å². The molecule has 0 aliphatic carbocycles. The minimum atomic E-state index is 0. The fourth-order valence-electron chi connectivity index (χ4n) is 3.71. The lowest BCUT2D eigenvalue weighted by atomic mass is 10.2. The third-order valence-corrected chi connectivity index (χ3v) is 5.24. The van der Waals surface area contributed by atoms with E-state index in [4.69, 9.17) is 4.99 Å². The average molecular weight is 519 g/mol. The summed E-state index contributed by atoms with van der Waals surface area (Å²) in [6.45, 7) is 8.79. The Balaban J connectivity index is 0.00000256. The zero-order valence-corrected chi connectivity index (χ0v) is 19.8. The molecule has 3 heterocycles. The third-order valence-electron chi connectivity index (χ3n) is 5.24. The van der Waals surface area contributed by atoms with Crippen LogP contribution in [0.1, 0.15) is 18.3 Å². The van der Waals surface area contributed by atoms with Crippen molar-refractivity contribution in [2.24, 2.45) is 4.99 Å². The number of halogens is 1. The molecule has 1 saturated heterocycles. The highest BCUT2D eigenvalue weighted by Gasteiger charge is 2.19. The van der Waals surface area contributed by atoms with Crippen molar-refractivity contribution in [3.05, 3.63) is 66.1 Å². The molecule has 1 aliphatic rings. The van der Waals surface area contributed by atoms with Crippen LogP contribution in [0.3, 0.4) is 0 Å². The highest BCUT2D eigenvalue weighted by molar-refractivity contribution is 14.0. The molecule has 7 nitrogen and oxygen atoms in total. The first-order valence-electron chi connectivity index (χ1n) is 10.4. The maximum Gasteiger partial charge on any atom is 0.194 e. The normalized spacial score (nSPS) is 15.2. The van der Waals surface area contributed by atoms with Gasteiger partial charge in [0.25, 0.3) is 0 Å². The fraction of sp³-hybridized carbons (Fsp3) is 0.409. The quantitative estimate of drug-likeness (QED) is 0.309. The van der Waals surface area contributed by atoms with E-state index in [0.29, 0.717) is 6.54 Å². The Kier molecular flexibility index (Phi) is 8.44. The summed E-state index contributed by atoms with van der Waals surface area (Å²) in [4.78, 5) is 9.74. The van der Waals surface area contributed by atoms with Gasteiger partial charge in [-0.25, -0.2) is 0 Å². The number of rotatable bonds is 6. The predicted octanol–water partition coefficient (Wildman–Crippen LogP) is 2.67. The Hall–Kier alpha value is -2.20. The van der Waals surface area contributed by atoms with Crippen LogP contribution in [0.2, 0.25) is 0 Å². The number of pyridine rings is 1. The number of benzene rings is 1. The lowest BCUT2D eigenvalue weighted by molar-refractivity contribution is 0.172. The van der Waals surface area contributed by atoms with Gasteiger partial charge in [-0.05, 0) is 24.6 Å². The van der Waals surface area contributed by atoms with E-state index in [2.05, 4.69) is 62.6 Å². The van der Waals surface area contributed by atoms with Crippen molar-refractivity contribution in [3.8, 4) is 0 Å². The number of nitrogens with one attached hydrogen (secondary N) is 1. The summed E-state index contributed by atoms with van der Waals surface area (Å²) in [5, 5.41) is 12.0. The molecule has 1 N–H and O–H groups in total. The summed E-state index contributed by atoms with van der Waals surface area (Å²) in [5.41, 5.74) is 2.26. The van der Waals surface area contributed by atoms with Crippen LogP contribution in [0.5, 0.6) is 0 Å². The smallest absolute Gasteiger partial charge is 0.194 e. The summed E-state index contributed by atoms with van der Waals surface area (Å²) in [6, 6.07) is 16.6. The average Bonchev–Trinajstić information content (AvgIpc) is 3.18. The van der Waals surface area contributed by atoms with E-state index in [1.165, 1.54) is 5.56 Å². The molecular weight excluding hydrogens is 489 g/mol. The van der Waals surface area contributed by atoms with Crippen LogP contribution in [-0.2, 0) is 13.0 Å². The molecular formula is C22H30IN7. The van der Waals surface area contributed by atoms with Gasteiger partial charge in [0.2, 0.25) is 0 Å². The molecule has 3 aromatic rings. The number of aliphatic imine (C=N–C) groups is 1. The summed E-state index contributed by atoms with van der Waals surface area (Å²) < 4.78 is 2.03. The number of piperazine rings is 1. The second kappa shape index (κ2) is 11.3. The van der Waals surface area contributed by atoms with Gasteiger partial charge in [0.1, 0.15) is 5.82 Å². The van der Waals surface area contributed by atoms with Crippen molar-refractivity contribution in [2.45, 2.75) is 19.9 Å². The van der Waals surface area contributed by atoms with E-state index < -0.39 is 0 Å². The van der Waals surface area contributed by atoms with E-state index in [1.54, 1.807) is 0 Å². The molecule has 0 spiro atoms. The number of aromatic nitrogens is 3. The first-order chi connectivity index (χ1) is 14.3. The van der Waals surface area contributed by atoms with Crippen molar-refractivity contribution < 1.29 is 0 Å². The van der Waals surface area contributed by atoms with Gasteiger partial charge in [0.15, 0.2) is 11.6 Å². The maximum atomic E-state index is 4.86. The molecule has 0 saturated carbocycles. The number of guanidine groups is 1. The zero-order chi connectivity index (χ0) is 19.9. The summed E-state index contributed by atoms with van der Waals surface area (Å²) in [7, 11) is 0. The maximum absolute atomic E-state index is 4.86. The Labute approximate surface area is 195 Å². The molecule has 1 aromatic carbocycles. The molecule has 0 amide bonds. The van der Waals surface area contributed by atoms with Crippen molar-refractivity contribution in [2.75, 3.05) is 39.3 Å². The lowest BCUT2D eigenvalue weighted by Crippen LogP contribution is -2.52. The van der Waals surface area contributed by atoms with Gasteiger partial charge >= 0.3 is 0 Å². The van der Waals surface area contributed by atoms with Crippen LogP contribution >= 0.6 is 24.0 Å². The molecule has 1 aliphatic heterocycles. The molecule has 160 valence electrons. The number of hydrogen-bond donors (Lipinski definition) is 1. The molecule has 0 bridgehead atoms. The van der Waals surface area contributed by atoms with Gasteiger partial charge in [0, 0.05) is 58.4 Å². The zero-order valence-electron chi connectivity index (χ0n) is 17.4. The second-order valence-corrected chi connectivity index (χ2v) is 7.28. The Bertz CT molecular complexity index is 933. The van der Waals surface area contributed by atoms with E-state index >= 15 is 0 Å². The molecule has 4 rings (SSSR count). The van der Waals surface area contributed by atoms with Gasteiger partial charge in [-0.2, -0.15) is 0 Å². The molecule has 0 atom stereocenters. The van der Waals surface area contributed by atoms with Crippen LogP contribution in [-0.4, -0.2) is 69.6 Å². The molecule has 0 radical (unpaired) electrons. The SMILES string of the molecule is CCNC(=NCCc1nnc2ccccn12)N1CCN(Cc2ccccc2)CC1.I. The minimum absolute atomic E-state index is 0. The highest BCUT2D eigenvalue weighted by atomic mass is 127. The predicted molar refractivity (Wildman–Crippen MR) is 131 cm³/mol. The second-order valence-electron chi connectivity index (χ2n) is 7.28. The number of nitrogens with zero attached hydrogens (tertiary/aromatic N) is 6. The standard InChI is InChI=1S/C22H29N7.HI/c1-2-23-22(24-12-11-21-26-25-20-10-6-7-13-29(20)21)28-16-14-27(15-17-28)18-19-8-4-3-5-9-19;/h3-10,13H,2,11-12,14-18H2,1H3,(H,23,24);1H. The lowest BCUT2D eigenvalue weighted by Gasteiger charge is -2.36. The van der Waals surface area contributed by atoms with Crippen LogP contribution in [0.4, 0.5) is 0 Å². The van der Waals surface area contributed by atoms with Gasteiger partial charge in [-0.3, -0.25) is 14.3 Å². The minimum Gasteiger partial charge on any atom is -0.357 e. The monoisotopic (exact) mass is 519 g/mol. The van der Waals surface area contributed by atoms with Crippen molar-refractivity contribution in [1.82, 2.24) is 29.7 Å². The van der Waals surface area contributed by atoms with Crippen molar-refractivity contribution >= 4 is 35.6 Å². The van der Waals surface area contributed by atoms with E-state index in [1.807, 2.05) is 28.8 Å². The van der Waals surface area contributed by atoms with Crippen molar-refractivity contribution in [1.29, 1.82) is 0 Å². The molecule has 0 unspecified atom stereocenters. The first-order valence-corrected chi connectivity index (χ1v) is 10.4. The van der Waals surface area contributed by atoms with Gasteiger partial charge in [0.05, 0.1) is 0 Å². The van der Waals surface area contributed by atoms with Crippen LogP contribution < -0.4 is 5.32 Å². The van der Waals surface area contributed by atoms with E-state index in [0.717, 1.165) is 63.1 Å². The Morgan fingerprint density at radius 1 is 1.00 bits per heavy atom. The van der Waals surface area contributed by atoms with Gasteiger partial charge in [-0.15, -0.1) is 34.2 Å². The highest BCUT2D eigenvalue weighted by Crippen LogP contribution is 2.09. The van der Waals surface area contributed by atoms with Gasteiger partial charge < -0.3 is 10.2 Å². The van der Waals surface area contributed by atoms with Gasteiger partial charge in [-0.1, -0.05) is 36.4 Å². The largest absolute Gasteiger partial charge is 0.357 e. The molecule has 1 fully saturated rings. The Morgan fingerprint density at radius 3 is 2.53 bits per heavy atom. The third kappa shape index (κ3) is 5.69. The molecule has 30 heavy (non-hydrogen) atoms. The van der Waals surface area contributed by atoms with Crippen LogP contribution in [0.25, 0.3) is 5.65 Å². The topological polar surface area (TPSA) is 61.1 Å². The van der Waals surface area contributed by atoms with Crippen molar-refractivity contribution in [3.63, 3.8) is 0 Å². The summed E-state index contributed by atoms with van der Waals surface area (Å²) >= 11 is 0. The van der Waals surface area contributed by atoms with Crippen LogP contribution in [0, 0.1) is 0 Å². The summed E-state index contributed by atoms with van der Waals surface area (Å²) in [5.74, 6) is 1.95. The summed E-state index contributed by atoms with van der Waals surface area (Å²) in [6.07, 6.45) is 2.78. The number of hydrogen-bond acceptors (Lipinski definition) is 4. The van der Waals surface area contributed by atoms with Crippen LogP contribution in [0.15, 0.2) is 59.7 Å². The van der Waals surface area contributed by atoms with E-state index in [-0.39, 0.29) is 24.0 Å². The molecule has 8 heteroatoms. The Morgan fingerprint density at radius 2 is 1.77 bits per heavy atom. The first kappa shape index (κ1) is 22.5. The fourth-order valence-corrected chi connectivity index (χ4v) is 3.71. The molecule has 2 aromatic heterocycles. The number of fused-ring (bicyclic) bond motifs is 1.